The molecule has 216 valence electrons. The molecule has 9 rings (SSSR count). The molecule has 0 saturated carbocycles. The highest BCUT2D eigenvalue weighted by atomic mass is 16.3. The van der Waals surface area contributed by atoms with Crippen LogP contribution in [0, 0.1) is 0 Å². The number of para-hydroxylation sites is 2. The Morgan fingerprint density at radius 2 is 1.02 bits per heavy atom. The van der Waals surface area contributed by atoms with E-state index in [2.05, 4.69) is 175 Å². The molecule has 0 unspecified atom stereocenters. The van der Waals surface area contributed by atoms with E-state index in [1.165, 1.54) is 32.7 Å². The lowest BCUT2D eigenvalue weighted by molar-refractivity contribution is 0.669. The monoisotopic (exact) mass is 587 g/mol. The van der Waals surface area contributed by atoms with Crippen LogP contribution in [0.4, 0.5) is 17.1 Å². The molecule has 0 atom stereocenters. The summed E-state index contributed by atoms with van der Waals surface area (Å²) < 4.78 is 6.49. The number of benzene rings is 8. The molecule has 46 heavy (non-hydrogen) atoms. The van der Waals surface area contributed by atoms with E-state index in [1.54, 1.807) is 0 Å². The van der Waals surface area contributed by atoms with Crippen LogP contribution in [0.2, 0.25) is 0 Å². The van der Waals surface area contributed by atoms with Gasteiger partial charge in [-0.15, -0.1) is 0 Å². The van der Waals surface area contributed by atoms with E-state index in [0.717, 1.165) is 50.1 Å². The Bertz CT molecular complexity index is 2530. The normalized spacial score (nSPS) is 11.5. The molecule has 8 aromatic carbocycles. The van der Waals surface area contributed by atoms with Crippen LogP contribution in [0.1, 0.15) is 0 Å². The van der Waals surface area contributed by atoms with Crippen molar-refractivity contribution in [3.63, 3.8) is 0 Å². The molecule has 1 heterocycles. The van der Waals surface area contributed by atoms with Crippen molar-refractivity contribution in [3.8, 4) is 22.3 Å². The van der Waals surface area contributed by atoms with Crippen LogP contribution in [-0.2, 0) is 0 Å². The van der Waals surface area contributed by atoms with E-state index >= 15 is 0 Å². The van der Waals surface area contributed by atoms with Crippen molar-refractivity contribution in [2.24, 2.45) is 0 Å². The van der Waals surface area contributed by atoms with Crippen molar-refractivity contribution < 1.29 is 4.42 Å². The van der Waals surface area contributed by atoms with Crippen LogP contribution < -0.4 is 4.90 Å². The topological polar surface area (TPSA) is 16.4 Å². The summed E-state index contributed by atoms with van der Waals surface area (Å²) >= 11 is 0. The molecule has 0 aliphatic heterocycles. The maximum atomic E-state index is 6.49. The van der Waals surface area contributed by atoms with E-state index in [4.69, 9.17) is 4.42 Å². The number of rotatable bonds is 5. The van der Waals surface area contributed by atoms with Crippen LogP contribution in [0.15, 0.2) is 180 Å². The zero-order chi connectivity index (χ0) is 30.5. The van der Waals surface area contributed by atoms with Gasteiger partial charge in [-0.2, -0.15) is 0 Å². The van der Waals surface area contributed by atoms with Gasteiger partial charge < -0.3 is 9.32 Å². The molecular weight excluding hydrogens is 558 g/mol. The Hall–Kier alpha value is -6.12. The fourth-order valence-corrected chi connectivity index (χ4v) is 6.81. The second kappa shape index (κ2) is 10.8. The number of hydrogen-bond acceptors (Lipinski definition) is 2. The number of fused-ring (bicyclic) bond motifs is 5. The van der Waals surface area contributed by atoms with E-state index in [-0.39, 0.29) is 0 Å². The SMILES string of the molecule is c1ccc(-c2cccc(N(c3ccccc3)c3c(-c4ccc5cc6ccccc6cc5c4)ccc4oc5ccccc5c34)c2)cc1. The summed E-state index contributed by atoms with van der Waals surface area (Å²) in [6.07, 6.45) is 0. The molecule has 0 radical (unpaired) electrons. The average Bonchev–Trinajstić information content (AvgIpc) is 3.51. The van der Waals surface area contributed by atoms with E-state index < -0.39 is 0 Å². The molecule has 0 fully saturated rings. The average molecular weight is 588 g/mol. The minimum absolute atomic E-state index is 0.867. The predicted molar refractivity (Wildman–Crippen MR) is 194 cm³/mol. The quantitative estimate of drug-likeness (QED) is 0.186. The third kappa shape index (κ3) is 4.43. The molecule has 1 aromatic heterocycles. The number of furan rings is 1. The number of nitrogens with zero attached hydrogens (tertiary/aromatic N) is 1. The first-order valence-corrected chi connectivity index (χ1v) is 15.7. The highest BCUT2D eigenvalue weighted by molar-refractivity contribution is 6.17. The molecule has 0 spiro atoms. The fourth-order valence-electron chi connectivity index (χ4n) is 6.81. The van der Waals surface area contributed by atoms with Crippen molar-refractivity contribution in [1.82, 2.24) is 0 Å². The van der Waals surface area contributed by atoms with Gasteiger partial charge in [-0.3, -0.25) is 0 Å². The smallest absolute Gasteiger partial charge is 0.137 e. The van der Waals surface area contributed by atoms with Gasteiger partial charge in [-0.05, 0) is 98.9 Å². The second-order valence-corrected chi connectivity index (χ2v) is 11.8. The van der Waals surface area contributed by atoms with Crippen molar-refractivity contribution in [1.29, 1.82) is 0 Å². The third-order valence-electron chi connectivity index (χ3n) is 8.98. The van der Waals surface area contributed by atoms with Gasteiger partial charge in [-0.25, -0.2) is 0 Å². The molecule has 0 saturated heterocycles. The van der Waals surface area contributed by atoms with Crippen LogP contribution in [0.25, 0.3) is 65.7 Å². The standard InChI is InChI=1S/C44H29NO/c1-3-12-30(13-4-1)33-16-11-19-38(29-33)45(37-17-5-2-6-18-37)44-39(24-25-42-43(44)40-20-9-10-21-41(40)46-42)35-23-22-34-26-31-14-7-8-15-32(31)27-36(34)28-35/h1-29H. The van der Waals surface area contributed by atoms with E-state index in [1.807, 2.05) is 6.07 Å². The maximum absolute atomic E-state index is 6.49. The van der Waals surface area contributed by atoms with Gasteiger partial charge in [0.25, 0.3) is 0 Å². The van der Waals surface area contributed by atoms with Crippen LogP contribution in [0.5, 0.6) is 0 Å². The summed E-state index contributed by atoms with van der Waals surface area (Å²) in [4.78, 5) is 2.40. The summed E-state index contributed by atoms with van der Waals surface area (Å²) in [5, 5.41) is 7.14. The Morgan fingerprint density at radius 3 is 1.85 bits per heavy atom. The lowest BCUT2D eigenvalue weighted by atomic mass is 9.94. The Balaban J connectivity index is 1.36. The molecule has 0 N–H and O–H groups in total. The zero-order valence-corrected chi connectivity index (χ0v) is 25.1. The van der Waals surface area contributed by atoms with Crippen molar-refractivity contribution in [2.45, 2.75) is 0 Å². The van der Waals surface area contributed by atoms with Gasteiger partial charge in [0.15, 0.2) is 0 Å². The summed E-state index contributed by atoms with van der Waals surface area (Å²) in [6.45, 7) is 0. The lowest BCUT2D eigenvalue weighted by Crippen LogP contribution is -2.11. The minimum Gasteiger partial charge on any atom is -0.456 e. The second-order valence-electron chi connectivity index (χ2n) is 11.8. The highest BCUT2D eigenvalue weighted by Gasteiger charge is 2.24. The lowest BCUT2D eigenvalue weighted by Gasteiger charge is -2.29. The van der Waals surface area contributed by atoms with Gasteiger partial charge in [0, 0.05) is 22.3 Å². The molecule has 0 amide bonds. The molecule has 0 bridgehead atoms. The van der Waals surface area contributed by atoms with Gasteiger partial charge in [0.2, 0.25) is 0 Å². The first-order valence-electron chi connectivity index (χ1n) is 15.7. The summed E-state index contributed by atoms with van der Waals surface area (Å²) in [6, 6.07) is 62.8. The van der Waals surface area contributed by atoms with E-state index in [0.29, 0.717) is 0 Å². The molecule has 2 nitrogen and oxygen atoms in total. The van der Waals surface area contributed by atoms with Gasteiger partial charge in [-0.1, -0.05) is 115 Å². The Kier molecular flexibility index (Phi) is 6.17. The zero-order valence-electron chi connectivity index (χ0n) is 25.1. The Morgan fingerprint density at radius 1 is 0.370 bits per heavy atom. The van der Waals surface area contributed by atoms with Crippen molar-refractivity contribution >= 4 is 60.5 Å². The van der Waals surface area contributed by atoms with Crippen molar-refractivity contribution in [2.75, 3.05) is 4.90 Å². The third-order valence-corrected chi connectivity index (χ3v) is 8.98. The first kappa shape index (κ1) is 26.3. The van der Waals surface area contributed by atoms with Crippen LogP contribution >= 0.6 is 0 Å². The van der Waals surface area contributed by atoms with Crippen molar-refractivity contribution in [3.05, 3.63) is 176 Å². The largest absolute Gasteiger partial charge is 0.456 e. The van der Waals surface area contributed by atoms with Gasteiger partial charge in [0.05, 0.1) is 11.1 Å². The predicted octanol–water partition coefficient (Wildman–Crippen LogP) is 12.7. The highest BCUT2D eigenvalue weighted by Crippen LogP contribution is 2.48. The van der Waals surface area contributed by atoms with E-state index in [9.17, 15) is 0 Å². The fraction of sp³-hybridized carbons (Fsp3) is 0. The molecular formula is C44H29NO. The number of hydrogen-bond donors (Lipinski definition) is 0. The number of anilines is 3. The van der Waals surface area contributed by atoms with Gasteiger partial charge in [0.1, 0.15) is 11.2 Å². The molecule has 0 aliphatic carbocycles. The summed E-state index contributed by atoms with van der Waals surface area (Å²) in [7, 11) is 0. The summed E-state index contributed by atoms with van der Waals surface area (Å²) in [5.41, 5.74) is 9.66. The minimum atomic E-state index is 0.867. The Labute approximate surface area is 267 Å². The maximum Gasteiger partial charge on any atom is 0.137 e. The first-order chi connectivity index (χ1) is 22.8. The molecule has 2 heteroatoms. The molecule has 9 aromatic rings. The van der Waals surface area contributed by atoms with Crippen LogP contribution in [0.3, 0.4) is 0 Å². The van der Waals surface area contributed by atoms with Gasteiger partial charge >= 0.3 is 0 Å². The molecule has 0 aliphatic rings. The summed E-state index contributed by atoms with van der Waals surface area (Å²) in [5.74, 6) is 0. The van der Waals surface area contributed by atoms with Crippen LogP contribution in [-0.4, -0.2) is 0 Å².